The van der Waals surface area contributed by atoms with E-state index in [0.29, 0.717) is 19.1 Å². The summed E-state index contributed by atoms with van der Waals surface area (Å²) >= 11 is 0. The van der Waals surface area contributed by atoms with E-state index in [1.807, 2.05) is 0 Å². The van der Waals surface area contributed by atoms with Crippen LogP contribution in [0.4, 0.5) is 0 Å². The molecule has 0 aromatic rings. The number of ether oxygens (including phenoxy) is 1. The highest BCUT2D eigenvalue weighted by atomic mass is 16.5. The molecule has 2 aliphatic heterocycles. The second-order valence-corrected chi connectivity index (χ2v) is 5.72. The summed E-state index contributed by atoms with van der Waals surface area (Å²) in [5, 5.41) is 18.7. The van der Waals surface area contributed by atoms with Crippen LogP contribution in [0.3, 0.4) is 0 Å². The van der Waals surface area contributed by atoms with Crippen molar-refractivity contribution in [3.63, 3.8) is 0 Å². The Hall–Kier alpha value is -0.160. The molecule has 2 saturated heterocycles. The van der Waals surface area contributed by atoms with Crippen molar-refractivity contribution in [1.29, 1.82) is 0 Å². The molecule has 2 aliphatic rings. The number of rotatable bonds is 4. The topological polar surface area (TPSA) is 52.9 Å². The van der Waals surface area contributed by atoms with Gasteiger partial charge in [-0.15, -0.1) is 0 Å². The van der Waals surface area contributed by atoms with Crippen LogP contribution < -0.4 is 0 Å². The molecule has 1 atom stereocenters. The van der Waals surface area contributed by atoms with Gasteiger partial charge < -0.3 is 19.8 Å². The van der Waals surface area contributed by atoms with Crippen LogP contribution in [0, 0.1) is 11.3 Å². The Balaban J connectivity index is 1.82. The molecule has 2 heterocycles. The summed E-state index contributed by atoms with van der Waals surface area (Å²) in [7, 11) is 0. The third kappa shape index (κ3) is 3.41. The van der Waals surface area contributed by atoms with Crippen LogP contribution in [0.15, 0.2) is 0 Å². The Morgan fingerprint density at radius 3 is 2.53 bits per heavy atom. The van der Waals surface area contributed by atoms with Gasteiger partial charge in [0.2, 0.25) is 0 Å². The first-order valence-corrected chi connectivity index (χ1v) is 6.80. The summed E-state index contributed by atoms with van der Waals surface area (Å²) in [6, 6.07) is 0. The minimum absolute atomic E-state index is 0.0374. The van der Waals surface area contributed by atoms with Crippen LogP contribution in [0.5, 0.6) is 0 Å². The fourth-order valence-corrected chi connectivity index (χ4v) is 3.01. The van der Waals surface area contributed by atoms with E-state index >= 15 is 0 Å². The average Bonchev–Trinajstić information content (AvgIpc) is 2.41. The van der Waals surface area contributed by atoms with Gasteiger partial charge in [0.1, 0.15) is 0 Å². The molecule has 0 amide bonds. The van der Waals surface area contributed by atoms with Crippen molar-refractivity contribution in [3.8, 4) is 0 Å². The Morgan fingerprint density at radius 1 is 1.24 bits per heavy atom. The molecule has 0 saturated carbocycles. The molecule has 2 N–H and O–H groups in total. The van der Waals surface area contributed by atoms with Crippen molar-refractivity contribution in [3.05, 3.63) is 0 Å². The summed E-state index contributed by atoms with van der Waals surface area (Å²) < 4.78 is 5.53. The Bertz CT molecular complexity index is 221. The first-order chi connectivity index (χ1) is 8.28. The van der Waals surface area contributed by atoms with Gasteiger partial charge in [-0.3, -0.25) is 0 Å². The fraction of sp³-hybridized carbons (Fsp3) is 1.00. The van der Waals surface area contributed by atoms with E-state index in [0.717, 1.165) is 51.9 Å². The van der Waals surface area contributed by atoms with Gasteiger partial charge in [-0.25, -0.2) is 0 Å². The second-order valence-electron chi connectivity index (χ2n) is 5.72. The molecule has 0 radical (unpaired) electrons. The largest absolute Gasteiger partial charge is 0.396 e. The van der Waals surface area contributed by atoms with E-state index < -0.39 is 0 Å². The highest BCUT2D eigenvalue weighted by Gasteiger charge is 2.35. The summed E-state index contributed by atoms with van der Waals surface area (Å²) in [5.41, 5.74) is -0.0374. The predicted molar refractivity (Wildman–Crippen MR) is 65.8 cm³/mol. The summed E-state index contributed by atoms with van der Waals surface area (Å²) in [6.45, 7) is 5.13. The van der Waals surface area contributed by atoms with Crippen LogP contribution in [0.25, 0.3) is 0 Å². The lowest BCUT2D eigenvalue weighted by molar-refractivity contribution is -0.0596. The van der Waals surface area contributed by atoms with E-state index in [1.54, 1.807) is 0 Å². The SMILES string of the molecule is OCC1CCN(CC2(CO)CCCOC2)CC1. The number of hydrogen-bond donors (Lipinski definition) is 2. The molecule has 2 fully saturated rings. The van der Waals surface area contributed by atoms with Gasteiger partial charge in [0.15, 0.2) is 0 Å². The molecule has 0 aromatic carbocycles. The Morgan fingerprint density at radius 2 is 2.00 bits per heavy atom. The van der Waals surface area contributed by atoms with Crippen molar-refractivity contribution in [2.45, 2.75) is 25.7 Å². The standard InChI is InChI=1S/C13H25NO3/c15-8-12-2-5-14(6-3-12)9-13(10-16)4-1-7-17-11-13/h12,15-16H,1-11H2. The van der Waals surface area contributed by atoms with Crippen LogP contribution in [0.2, 0.25) is 0 Å². The van der Waals surface area contributed by atoms with E-state index in [1.165, 1.54) is 0 Å². The number of hydrogen-bond acceptors (Lipinski definition) is 4. The van der Waals surface area contributed by atoms with Crippen LogP contribution in [0.1, 0.15) is 25.7 Å². The minimum atomic E-state index is -0.0374. The fourth-order valence-electron chi connectivity index (χ4n) is 3.01. The van der Waals surface area contributed by atoms with Crippen molar-refractivity contribution < 1.29 is 14.9 Å². The summed E-state index contributed by atoms with van der Waals surface area (Å²) in [4.78, 5) is 2.43. The molecular formula is C13H25NO3. The monoisotopic (exact) mass is 243 g/mol. The number of likely N-dealkylation sites (tertiary alicyclic amines) is 1. The van der Waals surface area contributed by atoms with E-state index in [9.17, 15) is 5.11 Å². The maximum absolute atomic E-state index is 9.62. The minimum Gasteiger partial charge on any atom is -0.396 e. The smallest absolute Gasteiger partial charge is 0.0556 e. The molecule has 2 rings (SSSR count). The Labute approximate surface area is 104 Å². The number of aliphatic hydroxyl groups excluding tert-OH is 2. The maximum Gasteiger partial charge on any atom is 0.0556 e. The number of aliphatic hydroxyl groups is 2. The molecule has 1 unspecified atom stereocenters. The zero-order valence-corrected chi connectivity index (χ0v) is 10.6. The second kappa shape index (κ2) is 6.14. The van der Waals surface area contributed by atoms with Gasteiger partial charge in [-0.05, 0) is 44.7 Å². The van der Waals surface area contributed by atoms with Crippen molar-refractivity contribution in [2.24, 2.45) is 11.3 Å². The summed E-state index contributed by atoms with van der Waals surface area (Å²) in [6.07, 6.45) is 4.30. The summed E-state index contributed by atoms with van der Waals surface area (Å²) in [5.74, 6) is 0.485. The molecular weight excluding hydrogens is 218 g/mol. The first-order valence-electron chi connectivity index (χ1n) is 6.80. The van der Waals surface area contributed by atoms with E-state index in [4.69, 9.17) is 9.84 Å². The van der Waals surface area contributed by atoms with Gasteiger partial charge >= 0.3 is 0 Å². The lowest BCUT2D eigenvalue weighted by Gasteiger charge is -2.41. The quantitative estimate of drug-likeness (QED) is 0.754. The normalized spacial score (nSPS) is 32.8. The first kappa shape index (κ1) is 13.3. The zero-order chi connectivity index (χ0) is 12.1. The van der Waals surface area contributed by atoms with Gasteiger partial charge in [0.05, 0.1) is 13.2 Å². The molecule has 4 heteroatoms. The van der Waals surface area contributed by atoms with Gasteiger partial charge in [-0.1, -0.05) is 0 Å². The van der Waals surface area contributed by atoms with Crippen LogP contribution in [-0.4, -0.2) is 61.2 Å². The molecule has 0 aliphatic carbocycles. The highest BCUT2D eigenvalue weighted by molar-refractivity contribution is 4.86. The van der Waals surface area contributed by atoms with Gasteiger partial charge in [0.25, 0.3) is 0 Å². The van der Waals surface area contributed by atoms with Crippen molar-refractivity contribution in [2.75, 3.05) is 46.1 Å². The van der Waals surface area contributed by atoms with Crippen LogP contribution in [-0.2, 0) is 4.74 Å². The molecule has 0 aromatic heterocycles. The van der Waals surface area contributed by atoms with Crippen molar-refractivity contribution in [1.82, 2.24) is 4.90 Å². The highest BCUT2D eigenvalue weighted by Crippen LogP contribution is 2.30. The molecule has 17 heavy (non-hydrogen) atoms. The maximum atomic E-state index is 9.62. The molecule has 0 bridgehead atoms. The molecule has 0 spiro atoms. The number of piperidine rings is 1. The predicted octanol–water partition coefficient (Wildman–Crippen LogP) is 0.480. The Kier molecular flexibility index (Phi) is 4.79. The van der Waals surface area contributed by atoms with Gasteiger partial charge in [0, 0.05) is 25.2 Å². The molecule has 4 nitrogen and oxygen atoms in total. The third-order valence-electron chi connectivity index (χ3n) is 4.26. The van der Waals surface area contributed by atoms with Crippen LogP contribution >= 0.6 is 0 Å². The number of nitrogens with zero attached hydrogens (tertiary/aromatic N) is 1. The third-order valence-corrected chi connectivity index (χ3v) is 4.26. The zero-order valence-electron chi connectivity index (χ0n) is 10.6. The van der Waals surface area contributed by atoms with Crippen molar-refractivity contribution >= 4 is 0 Å². The van der Waals surface area contributed by atoms with Gasteiger partial charge in [-0.2, -0.15) is 0 Å². The molecule has 100 valence electrons. The van der Waals surface area contributed by atoms with E-state index in [2.05, 4.69) is 4.90 Å². The van der Waals surface area contributed by atoms with E-state index in [-0.39, 0.29) is 12.0 Å². The average molecular weight is 243 g/mol. The lowest BCUT2D eigenvalue weighted by atomic mass is 9.82. The lowest BCUT2D eigenvalue weighted by Crippen LogP contribution is -2.48.